The number of piperidine rings is 1. The number of nitrogens with zero attached hydrogens (tertiary/aromatic N) is 2. The number of halogens is 1. The Morgan fingerprint density at radius 1 is 1.00 bits per heavy atom. The molecule has 0 atom stereocenters. The van der Waals surface area contributed by atoms with Gasteiger partial charge in [0.1, 0.15) is 5.65 Å². The second-order valence-electron chi connectivity index (χ2n) is 10.8. The number of fused-ring (bicyclic) bond motifs is 1. The zero-order valence-corrected chi connectivity index (χ0v) is 24.1. The monoisotopic (exact) mass is 563 g/mol. The van der Waals surface area contributed by atoms with Crippen LogP contribution >= 0.6 is 11.6 Å². The Morgan fingerprint density at radius 2 is 1.80 bits per heavy atom. The number of benzene rings is 3. The Kier molecular flexibility index (Phi) is 7.77. The smallest absolute Gasteiger partial charge is 0.251 e. The van der Waals surface area contributed by atoms with E-state index in [1.807, 2.05) is 43.4 Å². The molecule has 3 aromatic carbocycles. The van der Waals surface area contributed by atoms with E-state index in [1.165, 1.54) is 5.56 Å². The number of nitrogens with one attached hydrogen (secondary N) is 3. The summed E-state index contributed by atoms with van der Waals surface area (Å²) in [5, 5.41) is 8.07. The lowest BCUT2D eigenvalue weighted by molar-refractivity contribution is 0.0909. The van der Waals surface area contributed by atoms with Gasteiger partial charge in [-0.2, -0.15) is 0 Å². The number of H-pyrrole nitrogens is 1. The summed E-state index contributed by atoms with van der Waals surface area (Å²) in [7, 11) is 1.92. The first kappa shape index (κ1) is 27.1. The molecule has 0 bridgehead atoms. The van der Waals surface area contributed by atoms with Gasteiger partial charge in [0.25, 0.3) is 5.91 Å². The largest absolute Gasteiger partial charge is 0.388 e. The Bertz CT molecular complexity index is 1690. The maximum Gasteiger partial charge on any atom is 0.251 e. The standard InChI is InChI=1S/C34H34ClN5O/c1-22-11-12-24(20-29(22)36-2)30-31-28(35)13-16-37-33(31)39-32(30)25-9-6-10-26(19-25)34(41)38-27-14-17-40(18-15-27)21-23-7-4-3-5-8-23/h3-13,16,19-20,27,36H,14-15,17-18,21H2,1-2H3,(H,37,39)(H,38,41). The lowest BCUT2D eigenvalue weighted by Gasteiger charge is -2.32. The Hall–Kier alpha value is -4.13. The third-order valence-corrected chi connectivity index (χ3v) is 8.34. The third-order valence-electron chi connectivity index (χ3n) is 8.02. The van der Waals surface area contributed by atoms with Gasteiger partial charge >= 0.3 is 0 Å². The van der Waals surface area contributed by atoms with Gasteiger partial charge in [0.2, 0.25) is 0 Å². The molecule has 41 heavy (non-hydrogen) atoms. The van der Waals surface area contributed by atoms with E-state index >= 15 is 0 Å². The first-order chi connectivity index (χ1) is 20.0. The minimum Gasteiger partial charge on any atom is -0.388 e. The van der Waals surface area contributed by atoms with Crippen LogP contribution in [0.4, 0.5) is 5.69 Å². The van der Waals surface area contributed by atoms with E-state index in [1.54, 1.807) is 6.20 Å². The minimum atomic E-state index is -0.0463. The summed E-state index contributed by atoms with van der Waals surface area (Å²) in [4.78, 5) is 23.9. The molecule has 0 saturated carbocycles. The van der Waals surface area contributed by atoms with Gasteiger partial charge in [0.05, 0.1) is 10.7 Å². The van der Waals surface area contributed by atoms with Crippen molar-refractivity contribution in [3.63, 3.8) is 0 Å². The summed E-state index contributed by atoms with van der Waals surface area (Å²) in [6.45, 7) is 4.97. The first-order valence-electron chi connectivity index (χ1n) is 14.1. The van der Waals surface area contributed by atoms with Crippen LogP contribution in [-0.4, -0.2) is 47.0 Å². The van der Waals surface area contributed by atoms with Gasteiger partial charge in [-0.25, -0.2) is 4.98 Å². The van der Waals surface area contributed by atoms with E-state index in [4.69, 9.17) is 11.6 Å². The van der Waals surface area contributed by atoms with Gasteiger partial charge < -0.3 is 15.6 Å². The molecule has 0 unspecified atom stereocenters. The summed E-state index contributed by atoms with van der Waals surface area (Å²) < 4.78 is 0. The zero-order valence-electron chi connectivity index (χ0n) is 23.4. The highest BCUT2D eigenvalue weighted by Crippen LogP contribution is 2.41. The first-order valence-corrected chi connectivity index (χ1v) is 14.5. The second kappa shape index (κ2) is 11.8. The molecule has 1 aliphatic rings. The molecule has 208 valence electrons. The SMILES string of the molecule is CNc1cc(-c2c(-c3cccc(C(=O)NC4CCN(Cc5ccccc5)CC4)c3)[nH]c3nccc(Cl)c23)ccc1C. The molecule has 1 saturated heterocycles. The number of pyridine rings is 1. The fourth-order valence-electron chi connectivity index (χ4n) is 5.79. The van der Waals surface area contributed by atoms with Crippen molar-refractivity contribution >= 4 is 34.2 Å². The predicted octanol–water partition coefficient (Wildman–Crippen LogP) is 7.29. The lowest BCUT2D eigenvalue weighted by Crippen LogP contribution is -2.44. The van der Waals surface area contributed by atoms with Crippen LogP contribution in [0.3, 0.4) is 0 Å². The van der Waals surface area contributed by atoms with Crippen molar-refractivity contribution in [1.82, 2.24) is 20.2 Å². The highest BCUT2D eigenvalue weighted by molar-refractivity contribution is 6.36. The van der Waals surface area contributed by atoms with E-state index in [9.17, 15) is 4.79 Å². The molecule has 0 spiro atoms. The number of aromatic nitrogens is 2. The summed E-state index contributed by atoms with van der Waals surface area (Å²) >= 11 is 6.72. The van der Waals surface area contributed by atoms with Crippen molar-refractivity contribution in [3.8, 4) is 22.4 Å². The molecule has 5 aromatic rings. The van der Waals surface area contributed by atoms with E-state index < -0.39 is 0 Å². The predicted molar refractivity (Wildman–Crippen MR) is 168 cm³/mol. The molecular weight excluding hydrogens is 530 g/mol. The maximum absolute atomic E-state index is 13.4. The van der Waals surface area contributed by atoms with Crippen molar-refractivity contribution in [2.24, 2.45) is 0 Å². The molecule has 6 nitrogen and oxygen atoms in total. The van der Waals surface area contributed by atoms with E-state index in [-0.39, 0.29) is 11.9 Å². The molecule has 1 aliphatic heterocycles. The number of hydrogen-bond donors (Lipinski definition) is 3. The van der Waals surface area contributed by atoms with Gasteiger partial charge in [-0.3, -0.25) is 9.69 Å². The number of anilines is 1. The van der Waals surface area contributed by atoms with E-state index in [2.05, 4.69) is 74.9 Å². The number of aromatic amines is 1. The normalized spacial score (nSPS) is 14.3. The van der Waals surface area contributed by atoms with Crippen molar-refractivity contribution in [1.29, 1.82) is 0 Å². The maximum atomic E-state index is 13.4. The Balaban J connectivity index is 1.25. The summed E-state index contributed by atoms with van der Waals surface area (Å²) in [5.74, 6) is -0.0463. The molecule has 0 radical (unpaired) electrons. The number of likely N-dealkylation sites (tertiary alicyclic amines) is 1. The van der Waals surface area contributed by atoms with Crippen molar-refractivity contribution < 1.29 is 4.79 Å². The van der Waals surface area contributed by atoms with E-state index in [0.717, 1.165) is 71.5 Å². The lowest BCUT2D eigenvalue weighted by atomic mass is 9.96. The molecular formula is C34H34ClN5O. The highest BCUT2D eigenvalue weighted by atomic mass is 35.5. The average Bonchev–Trinajstić information content (AvgIpc) is 3.40. The van der Waals surface area contributed by atoms with Crippen LogP contribution < -0.4 is 10.6 Å². The van der Waals surface area contributed by atoms with Gasteiger partial charge in [0.15, 0.2) is 0 Å². The Morgan fingerprint density at radius 3 is 2.59 bits per heavy atom. The van der Waals surface area contributed by atoms with Crippen LogP contribution in [-0.2, 0) is 6.54 Å². The number of amides is 1. The molecule has 1 fully saturated rings. The highest BCUT2D eigenvalue weighted by Gasteiger charge is 2.23. The van der Waals surface area contributed by atoms with Crippen molar-refractivity contribution in [3.05, 3.63) is 107 Å². The second-order valence-corrected chi connectivity index (χ2v) is 11.2. The number of carbonyl (C=O) groups is 1. The molecule has 0 aliphatic carbocycles. The molecule has 6 rings (SSSR count). The molecule has 7 heteroatoms. The van der Waals surface area contributed by atoms with Crippen LogP contribution in [0.5, 0.6) is 0 Å². The van der Waals surface area contributed by atoms with Crippen LogP contribution in [0.15, 0.2) is 85.1 Å². The molecule has 3 heterocycles. The number of hydrogen-bond acceptors (Lipinski definition) is 4. The van der Waals surface area contributed by atoms with Crippen LogP contribution in [0.1, 0.15) is 34.3 Å². The van der Waals surface area contributed by atoms with Crippen LogP contribution in [0, 0.1) is 6.92 Å². The fraction of sp³-hybridized carbons (Fsp3) is 0.235. The molecule has 2 aromatic heterocycles. The molecule has 3 N–H and O–H groups in total. The van der Waals surface area contributed by atoms with Gasteiger partial charge in [0, 0.05) is 61.1 Å². The summed E-state index contributed by atoms with van der Waals surface area (Å²) in [6, 6.07) is 26.7. The summed E-state index contributed by atoms with van der Waals surface area (Å²) in [6.07, 6.45) is 3.59. The minimum absolute atomic E-state index is 0.0463. The van der Waals surface area contributed by atoms with Crippen molar-refractivity contribution in [2.75, 3.05) is 25.5 Å². The number of aryl methyl sites for hydroxylation is 1. The third kappa shape index (κ3) is 5.71. The molecule has 1 amide bonds. The van der Waals surface area contributed by atoms with Crippen LogP contribution in [0.2, 0.25) is 5.02 Å². The topological polar surface area (TPSA) is 73.1 Å². The van der Waals surface area contributed by atoms with E-state index in [0.29, 0.717) is 16.2 Å². The quantitative estimate of drug-likeness (QED) is 0.194. The van der Waals surface area contributed by atoms with Gasteiger partial charge in [-0.1, -0.05) is 66.2 Å². The van der Waals surface area contributed by atoms with Crippen molar-refractivity contribution in [2.45, 2.75) is 32.4 Å². The van der Waals surface area contributed by atoms with Crippen LogP contribution in [0.25, 0.3) is 33.4 Å². The average molecular weight is 564 g/mol. The summed E-state index contributed by atoms with van der Waals surface area (Å²) in [5.41, 5.74) is 8.67. The Labute approximate surface area is 245 Å². The number of carbonyl (C=O) groups excluding carboxylic acids is 1. The number of rotatable bonds is 7. The fourth-order valence-corrected chi connectivity index (χ4v) is 6.03. The van der Waals surface area contributed by atoms with Gasteiger partial charge in [-0.05, 0) is 66.3 Å². The zero-order chi connectivity index (χ0) is 28.3. The van der Waals surface area contributed by atoms with Gasteiger partial charge in [-0.15, -0.1) is 0 Å².